The zero-order chi connectivity index (χ0) is 18.1. The number of methoxy groups -OCH3 is 2. The predicted octanol–water partition coefficient (Wildman–Crippen LogP) is 2.17. The van der Waals surface area contributed by atoms with Gasteiger partial charge >= 0.3 is 0 Å². The zero-order valence-corrected chi connectivity index (χ0v) is 14.9. The number of amides is 1. The summed E-state index contributed by atoms with van der Waals surface area (Å²) < 4.78 is 12.5. The molecule has 1 aromatic carbocycles. The van der Waals surface area contributed by atoms with Gasteiger partial charge in [0.25, 0.3) is 5.91 Å². The van der Waals surface area contributed by atoms with Crippen molar-refractivity contribution in [1.82, 2.24) is 14.7 Å². The topological polar surface area (TPSA) is 76.8 Å². The normalized spacial score (nSPS) is 16.7. The maximum absolute atomic E-state index is 12.8. The Kier molecular flexibility index (Phi) is 4.67. The first-order chi connectivity index (χ1) is 12.0. The second-order valence-corrected chi connectivity index (χ2v) is 6.34. The van der Waals surface area contributed by atoms with E-state index in [1.165, 1.54) is 0 Å². The Bertz CT molecular complexity index is 785. The summed E-state index contributed by atoms with van der Waals surface area (Å²) in [6, 6.07) is 5.43. The molecule has 134 valence electrons. The van der Waals surface area contributed by atoms with Gasteiger partial charge in [-0.25, -0.2) is 0 Å². The van der Waals surface area contributed by atoms with Gasteiger partial charge in [-0.3, -0.25) is 9.48 Å². The molecule has 1 amide bonds. The molecule has 1 aromatic heterocycles. The van der Waals surface area contributed by atoms with Gasteiger partial charge in [-0.05, 0) is 32.0 Å². The lowest BCUT2D eigenvalue weighted by molar-refractivity contribution is 0.0532. The number of benzene rings is 1. The van der Waals surface area contributed by atoms with Gasteiger partial charge in [-0.2, -0.15) is 5.10 Å². The van der Waals surface area contributed by atoms with Gasteiger partial charge in [0, 0.05) is 23.4 Å². The summed E-state index contributed by atoms with van der Waals surface area (Å²) in [5.41, 5.74) is 1.81. The molecule has 25 heavy (non-hydrogen) atoms. The second-order valence-electron chi connectivity index (χ2n) is 6.34. The number of hydrogen-bond acceptors (Lipinski definition) is 5. The number of fused-ring (bicyclic) bond motifs is 1. The molecular formula is C18H23N3O4. The van der Waals surface area contributed by atoms with Gasteiger partial charge in [0.05, 0.1) is 27.3 Å². The Morgan fingerprint density at radius 1 is 1.24 bits per heavy atom. The number of carbonyl (C=O) groups excluding carboxylic acids is 1. The third-order valence-electron chi connectivity index (χ3n) is 4.43. The number of aromatic nitrogens is 2. The van der Waals surface area contributed by atoms with Crippen LogP contribution >= 0.6 is 0 Å². The molecular weight excluding hydrogens is 322 g/mol. The Hall–Kier alpha value is -2.54. The number of rotatable bonds is 4. The van der Waals surface area contributed by atoms with Gasteiger partial charge in [-0.1, -0.05) is 0 Å². The van der Waals surface area contributed by atoms with Crippen molar-refractivity contribution in [2.24, 2.45) is 0 Å². The molecule has 3 rings (SSSR count). The minimum atomic E-state index is -0.843. The number of aliphatic hydroxyl groups is 1. The van der Waals surface area contributed by atoms with Crippen LogP contribution in [0.2, 0.25) is 0 Å². The Labute approximate surface area is 146 Å². The van der Waals surface area contributed by atoms with Gasteiger partial charge in [0.1, 0.15) is 23.3 Å². The van der Waals surface area contributed by atoms with Crippen LogP contribution in [0, 0.1) is 0 Å². The summed E-state index contributed by atoms with van der Waals surface area (Å²) in [7, 11) is 3.13. The van der Waals surface area contributed by atoms with E-state index in [-0.39, 0.29) is 18.5 Å². The Morgan fingerprint density at radius 3 is 2.52 bits per heavy atom. The van der Waals surface area contributed by atoms with Crippen molar-refractivity contribution in [3.63, 3.8) is 0 Å². The van der Waals surface area contributed by atoms with Gasteiger partial charge < -0.3 is 19.5 Å². The number of carbonyl (C=O) groups is 1. The monoisotopic (exact) mass is 345 g/mol. The first-order valence-corrected chi connectivity index (χ1v) is 8.22. The summed E-state index contributed by atoms with van der Waals surface area (Å²) >= 11 is 0. The van der Waals surface area contributed by atoms with Gasteiger partial charge in [0.2, 0.25) is 0 Å². The van der Waals surface area contributed by atoms with E-state index >= 15 is 0 Å². The summed E-state index contributed by atoms with van der Waals surface area (Å²) in [4.78, 5) is 14.4. The third-order valence-corrected chi connectivity index (χ3v) is 4.43. The molecule has 0 spiro atoms. The molecule has 0 saturated heterocycles. The van der Waals surface area contributed by atoms with Crippen LogP contribution in [0.25, 0.3) is 0 Å². The average Bonchev–Trinajstić information content (AvgIpc) is 3.10. The Morgan fingerprint density at radius 2 is 1.92 bits per heavy atom. The molecule has 1 unspecified atom stereocenters. The SMILES string of the molecule is COc1ccc(OC)c2c1CN(C(=O)c1ccn(C(C)C)n1)CC2O. The van der Waals surface area contributed by atoms with Crippen molar-refractivity contribution in [3.05, 3.63) is 41.2 Å². The lowest BCUT2D eigenvalue weighted by Gasteiger charge is -2.33. The van der Waals surface area contributed by atoms with Crippen molar-refractivity contribution < 1.29 is 19.4 Å². The zero-order valence-electron chi connectivity index (χ0n) is 14.9. The number of hydrogen-bond donors (Lipinski definition) is 1. The number of nitrogens with zero attached hydrogens (tertiary/aromatic N) is 3. The second kappa shape index (κ2) is 6.76. The molecule has 2 aromatic rings. The lowest BCUT2D eigenvalue weighted by atomic mass is 9.95. The van der Waals surface area contributed by atoms with Crippen LogP contribution in [0.4, 0.5) is 0 Å². The summed E-state index contributed by atoms with van der Waals surface area (Å²) in [5.74, 6) is 1.01. The largest absolute Gasteiger partial charge is 0.496 e. The van der Waals surface area contributed by atoms with Crippen LogP contribution in [0.3, 0.4) is 0 Å². The molecule has 0 radical (unpaired) electrons. The average molecular weight is 345 g/mol. The molecule has 0 fully saturated rings. The Balaban J connectivity index is 1.93. The van der Waals surface area contributed by atoms with Crippen molar-refractivity contribution in [2.45, 2.75) is 32.5 Å². The highest BCUT2D eigenvalue weighted by molar-refractivity contribution is 5.92. The molecule has 1 N–H and O–H groups in total. The highest BCUT2D eigenvalue weighted by atomic mass is 16.5. The molecule has 1 aliphatic rings. The van der Waals surface area contributed by atoms with Crippen molar-refractivity contribution in [1.29, 1.82) is 0 Å². The lowest BCUT2D eigenvalue weighted by Crippen LogP contribution is -2.39. The van der Waals surface area contributed by atoms with Crippen LogP contribution < -0.4 is 9.47 Å². The van der Waals surface area contributed by atoms with Gasteiger partial charge in [-0.15, -0.1) is 0 Å². The van der Waals surface area contributed by atoms with E-state index in [2.05, 4.69) is 5.10 Å². The first kappa shape index (κ1) is 17.3. The number of aliphatic hydroxyl groups excluding tert-OH is 1. The summed E-state index contributed by atoms with van der Waals surface area (Å²) in [6.07, 6.45) is 0.945. The van der Waals surface area contributed by atoms with Crippen molar-refractivity contribution in [2.75, 3.05) is 20.8 Å². The van der Waals surface area contributed by atoms with Gasteiger partial charge in [0.15, 0.2) is 0 Å². The summed E-state index contributed by atoms with van der Waals surface area (Å²) in [6.45, 7) is 4.52. The predicted molar refractivity (Wildman–Crippen MR) is 91.9 cm³/mol. The minimum Gasteiger partial charge on any atom is -0.496 e. The van der Waals surface area contributed by atoms with Crippen molar-refractivity contribution >= 4 is 5.91 Å². The van der Waals surface area contributed by atoms with Crippen LogP contribution in [0.1, 0.15) is 47.6 Å². The molecule has 1 atom stereocenters. The van der Waals surface area contributed by atoms with Crippen LogP contribution in [0.5, 0.6) is 11.5 Å². The van der Waals surface area contributed by atoms with E-state index in [1.807, 2.05) is 13.8 Å². The van der Waals surface area contributed by atoms with E-state index in [4.69, 9.17) is 9.47 Å². The molecule has 0 bridgehead atoms. The highest BCUT2D eigenvalue weighted by Gasteiger charge is 2.33. The quantitative estimate of drug-likeness (QED) is 0.919. The third kappa shape index (κ3) is 3.07. The van der Waals surface area contributed by atoms with Crippen LogP contribution in [0.15, 0.2) is 24.4 Å². The fourth-order valence-electron chi connectivity index (χ4n) is 3.13. The maximum Gasteiger partial charge on any atom is 0.274 e. The van der Waals surface area contributed by atoms with E-state index in [0.717, 1.165) is 5.56 Å². The standard InChI is InChI=1S/C18H23N3O4/c1-11(2)21-8-7-13(19-21)18(23)20-9-12-15(24-3)5-6-16(25-4)17(12)14(22)10-20/h5-8,11,14,22H,9-10H2,1-4H3. The molecule has 0 aliphatic carbocycles. The fraction of sp³-hybridized carbons (Fsp3) is 0.444. The van der Waals surface area contributed by atoms with E-state index in [1.54, 1.807) is 48.2 Å². The fourth-order valence-corrected chi connectivity index (χ4v) is 3.13. The smallest absolute Gasteiger partial charge is 0.274 e. The van der Waals surface area contributed by atoms with E-state index in [9.17, 15) is 9.90 Å². The van der Waals surface area contributed by atoms with E-state index < -0.39 is 6.10 Å². The number of β-amino-alcohol motifs (C(OH)–C–C–N with tert-alkyl or cyclic N) is 1. The highest BCUT2D eigenvalue weighted by Crippen LogP contribution is 2.39. The summed E-state index contributed by atoms with van der Waals surface area (Å²) in [5, 5.41) is 14.9. The molecule has 0 saturated carbocycles. The molecule has 7 heteroatoms. The van der Waals surface area contributed by atoms with Crippen LogP contribution in [-0.4, -0.2) is 46.5 Å². The van der Waals surface area contributed by atoms with E-state index in [0.29, 0.717) is 29.3 Å². The van der Waals surface area contributed by atoms with Crippen LogP contribution in [-0.2, 0) is 6.54 Å². The molecule has 7 nitrogen and oxygen atoms in total. The van der Waals surface area contributed by atoms with Crippen molar-refractivity contribution in [3.8, 4) is 11.5 Å². The molecule has 2 heterocycles. The maximum atomic E-state index is 12.8. The first-order valence-electron chi connectivity index (χ1n) is 8.22. The minimum absolute atomic E-state index is 0.179. The number of ether oxygens (including phenoxy) is 2. The molecule has 1 aliphatic heterocycles.